The summed E-state index contributed by atoms with van der Waals surface area (Å²) in [4.78, 5) is 10.5. The molecule has 0 bridgehead atoms. The Morgan fingerprint density at radius 2 is 2.42 bits per heavy atom. The molecule has 0 fully saturated rings. The van der Waals surface area contributed by atoms with Crippen molar-refractivity contribution in [2.45, 2.75) is 0 Å². The zero-order chi connectivity index (χ0) is 8.55. The van der Waals surface area contributed by atoms with Gasteiger partial charge in [0.2, 0.25) is 0 Å². The first-order chi connectivity index (χ1) is 5.83. The van der Waals surface area contributed by atoms with Crippen molar-refractivity contribution < 1.29 is 9.53 Å². The predicted molar refractivity (Wildman–Crippen MR) is 45.7 cm³/mol. The minimum absolute atomic E-state index is 0.293. The zero-order valence-corrected chi connectivity index (χ0v) is 6.91. The number of carbonyl (C=O) groups excluding carboxylic acids is 1. The third-order valence-corrected chi connectivity index (χ3v) is 2.01. The Balaban J connectivity index is 2.57. The lowest BCUT2D eigenvalue weighted by Crippen LogP contribution is -2.07. The van der Waals surface area contributed by atoms with Crippen molar-refractivity contribution in [2.24, 2.45) is 0 Å². The maximum Gasteiger partial charge on any atom is 0.176 e. The highest BCUT2D eigenvalue weighted by molar-refractivity contribution is 6.26. The van der Waals surface area contributed by atoms with Crippen LogP contribution in [-0.2, 0) is 0 Å². The van der Waals surface area contributed by atoms with Gasteiger partial charge in [-0.3, -0.25) is 4.79 Å². The highest BCUT2D eigenvalue weighted by Gasteiger charge is 2.21. The Kier molecular flexibility index (Phi) is 1.66. The fourth-order valence-corrected chi connectivity index (χ4v) is 1.36. The number of carbonyl (C=O) groups is 1. The summed E-state index contributed by atoms with van der Waals surface area (Å²) in [6.07, 6.45) is 0.759. The van der Waals surface area contributed by atoms with Crippen molar-refractivity contribution in [3.8, 4) is 5.75 Å². The van der Waals surface area contributed by atoms with Crippen LogP contribution in [0.1, 0.15) is 10.4 Å². The van der Waals surface area contributed by atoms with E-state index in [1.165, 1.54) is 4.42 Å². The third-order valence-electron chi connectivity index (χ3n) is 1.74. The molecule has 1 heterocycles. The molecule has 12 heavy (non-hydrogen) atoms. The number of ether oxygens (including phenoxy) is 1. The monoisotopic (exact) mass is 183 g/mol. The van der Waals surface area contributed by atoms with Gasteiger partial charge >= 0.3 is 0 Å². The summed E-state index contributed by atoms with van der Waals surface area (Å²) in [6.45, 7) is 0.293. The second-order valence-corrected chi connectivity index (χ2v) is 2.86. The average molecular weight is 184 g/mol. The summed E-state index contributed by atoms with van der Waals surface area (Å²) in [7, 11) is 0. The summed E-state index contributed by atoms with van der Waals surface area (Å²) in [5, 5.41) is 0. The van der Waals surface area contributed by atoms with Crippen LogP contribution >= 0.6 is 11.8 Å². The molecule has 0 spiro atoms. The number of anilines is 1. The first-order valence-corrected chi connectivity index (χ1v) is 3.81. The molecule has 0 radical (unpaired) electrons. The molecule has 1 aromatic rings. The predicted octanol–water partition coefficient (Wildman–Crippen LogP) is 1.81. The molecule has 0 saturated heterocycles. The van der Waals surface area contributed by atoms with Crippen LogP contribution in [0.5, 0.6) is 5.75 Å². The van der Waals surface area contributed by atoms with Gasteiger partial charge in [-0.15, -0.1) is 0 Å². The topological polar surface area (TPSA) is 29.5 Å². The van der Waals surface area contributed by atoms with E-state index in [0.717, 1.165) is 12.0 Å². The van der Waals surface area contributed by atoms with E-state index in [2.05, 4.69) is 0 Å². The van der Waals surface area contributed by atoms with E-state index in [-0.39, 0.29) is 0 Å². The quantitative estimate of drug-likeness (QED) is 0.491. The van der Waals surface area contributed by atoms with Crippen LogP contribution in [-0.4, -0.2) is 13.0 Å². The van der Waals surface area contributed by atoms with E-state index < -0.39 is 0 Å². The van der Waals surface area contributed by atoms with Gasteiger partial charge in [0, 0.05) is 11.8 Å². The van der Waals surface area contributed by atoms with Crippen molar-refractivity contribution in [1.29, 1.82) is 0 Å². The van der Waals surface area contributed by atoms with Gasteiger partial charge in [-0.2, -0.15) is 0 Å². The molecule has 62 valence electrons. The fourth-order valence-electron chi connectivity index (χ4n) is 1.17. The molecule has 0 aromatic heterocycles. The van der Waals surface area contributed by atoms with E-state index in [9.17, 15) is 4.79 Å². The van der Waals surface area contributed by atoms with Crippen LogP contribution in [0.15, 0.2) is 18.2 Å². The maximum atomic E-state index is 10.5. The van der Waals surface area contributed by atoms with Crippen LogP contribution in [0.2, 0.25) is 0 Å². The summed E-state index contributed by atoms with van der Waals surface area (Å²) >= 11 is 5.76. The second kappa shape index (κ2) is 2.68. The molecule has 0 N–H and O–H groups in total. The van der Waals surface area contributed by atoms with Crippen LogP contribution in [0.25, 0.3) is 0 Å². The molecule has 1 aliphatic rings. The van der Waals surface area contributed by atoms with Crippen LogP contribution < -0.4 is 9.16 Å². The van der Waals surface area contributed by atoms with Crippen molar-refractivity contribution >= 4 is 23.8 Å². The molecule has 0 unspecified atom stereocenters. The molecule has 3 nitrogen and oxygen atoms in total. The normalized spacial score (nSPS) is 13.9. The molecule has 0 aliphatic carbocycles. The number of benzene rings is 1. The van der Waals surface area contributed by atoms with Gasteiger partial charge in [0.1, 0.15) is 0 Å². The number of aldehydes is 1. The van der Waals surface area contributed by atoms with Gasteiger partial charge < -0.3 is 4.74 Å². The summed E-state index contributed by atoms with van der Waals surface area (Å²) in [6, 6.07) is 5.27. The number of fused-ring (bicyclic) bond motifs is 1. The zero-order valence-electron chi connectivity index (χ0n) is 6.16. The van der Waals surface area contributed by atoms with Gasteiger partial charge in [-0.1, -0.05) is 6.07 Å². The molecule has 1 aliphatic heterocycles. The van der Waals surface area contributed by atoms with Crippen molar-refractivity contribution in [3.63, 3.8) is 0 Å². The molecule has 0 atom stereocenters. The van der Waals surface area contributed by atoms with Crippen LogP contribution in [0.4, 0.5) is 5.69 Å². The number of para-hydroxylation sites is 1. The van der Waals surface area contributed by atoms with E-state index in [1.807, 2.05) is 6.07 Å². The van der Waals surface area contributed by atoms with Crippen molar-refractivity contribution in [3.05, 3.63) is 23.8 Å². The molecule has 0 saturated carbocycles. The SMILES string of the molecule is O=Cc1cccc2c1OCN2Cl. The van der Waals surface area contributed by atoms with E-state index in [1.54, 1.807) is 12.1 Å². The standard InChI is InChI=1S/C8H6ClNO2/c9-10-5-12-8-6(4-11)2-1-3-7(8)10/h1-4H,5H2. The Hall–Kier alpha value is -1.22. The van der Waals surface area contributed by atoms with E-state index in [0.29, 0.717) is 18.0 Å². The summed E-state index contributed by atoms with van der Waals surface area (Å²) < 4.78 is 6.63. The Morgan fingerprint density at radius 1 is 1.58 bits per heavy atom. The molecule has 1 aromatic carbocycles. The molecule has 0 amide bonds. The number of rotatable bonds is 1. The van der Waals surface area contributed by atoms with Crippen LogP contribution in [0, 0.1) is 0 Å². The number of hydrogen-bond donors (Lipinski definition) is 0. The molecule has 4 heteroatoms. The lowest BCUT2D eigenvalue weighted by Gasteiger charge is -2.02. The van der Waals surface area contributed by atoms with E-state index in [4.69, 9.17) is 16.5 Å². The van der Waals surface area contributed by atoms with Crippen LogP contribution in [0.3, 0.4) is 0 Å². The highest BCUT2D eigenvalue weighted by Crippen LogP contribution is 2.37. The second-order valence-electron chi connectivity index (χ2n) is 2.45. The van der Waals surface area contributed by atoms with E-state index >= 15 is 0 Å². The number of hydrogen-bond acceptors (Lipinski definition) is 3. The molecule has 2 rings (SSSR count). The number of halogens is 1. The van der Waals surface area contributed by atoms with Gasteiger partial charge in [-0.25, -0.2) is 4.42 Å². The average Bonchev–Trinajstić information content (AvgIpc) is 2.48. The lowest BCUT2D eigenvalue weighted by atomic mass is 10.2. The minimum atomic E-state index is 0.293. The van der Waals surface area contributed by atoms with Gasteiger partial charge in [0.05, 0.1) is 11.3 Å². The Bertz CT molecular complexity index is 327. The molecular formula is C8H6ClNO2. The minimum Gasteiger partial charge on any atom is -0.469 e. The van der Waals surface area contributed by atoms with Gasteiger partial charge in [0.15, 0.2) is 18.8 Å². The highest BCUT2D eigenvalue weighted by atomic mass is 35.5. The number of nitrogens with zero attached hydrogens (tertiary/aromatic N) is 1. The van der Waals surface area contributed by atoms with Crippen molar-refractivity contribution in [1.82, 2.24) is 0 Å². The molecular weight excluding hydrogens is 178 g/mol. The maximum absolute atomic E-state index is 10.5. The lowest BCUT2D eigenvalue weighted by molar-refractivity contribution is 0.112. The smallest absolute Gasteiger partial charge is 0.176 e. The Labute approximate surface area is 74.6 Å². The van der Waals surface area contributed by atoms with Gasteiger partial charge in [0.25, 0.3) is 0 Å². The van der Waals surface area contributed by atoms with Crippen molar-refractivity contribution in [2.75, 3.05) is 11.1 Å². The first-order valence-electron chi connectivity index (χ1n) is 3.47. The fraction of sp³-hybridized carbons (Fsp3) is 0.125. The summed E-state index contributed by atoms with van der Waals surface area (Å²) in [5.74, 6) is 0.572. The third kappa shape index (κ3) is 0.940. The van der Waals surface area contributed by atoms with Gasteiger partial charge in [-0.05, 0) is 12.1 Å². The largest absolute Gasteiger partial charge is 0.469 e. The Morgan fingerprint density at radius 3 is 3.17 bits per heavy atom. The first kappa shape index (κ1) is 7.43. The summed E-state index contributed by atoms with van der Waals surface area (Å²) in [5.41, 5.74) is 1.29.